The van der Waals surface area contributed by atoms with Crippen molar-refractivity contribution in [3.63, 3.8) is 0 Å². The molecule has 0 bridgehead atoms. The molecule has 0 aliphatic rings. The molecule has 0 N–H and O–H groups in total. The summed E-state index contributed by atoms with van der Waals surface area (Å²) in [6.45, 7) is 0. The van der Waals surface area contributed by atoms with E-state index in [1.165, 1.54) is 30.2 Å². The van der Waals surface area contributed by atoms with Gasteiger partial charge >= 0.3 is 0 Å². The van der Waals surface area contributed by atoms with Crippen LogP contribution in [0.3, 0.4) is 0 Å². The second-order valence-corrected chi connectivity index (χ2v) is 8.92. The first-order valence-corrected chi connectivity index (χ1v) is 10.3. The third-order valence-corrected chi connectivity index (χ3v) is 6.72. The van der Waals surface area contributed by atoms with Crippen molar-refractivity contribution in [2.75, 3.05) is 14.1 Å². The van der Waals surface area contributed by atoms with Gasteiger partial charge in [0.1, 0.15) is 0 Å². The van der Waals surface area contributed by atoms with Crippen LogP contribution in [0.15, 0.2) is 58.8 Å². The number of pyridine rings is 1. The number of nitrogens with zero attached hydrogens (tertiary/aromatic N) is 5. The molecule has 0 fully saturated rings. The van der Waals surface area contributed by atoms with Gasteiger partial charge in [-0.15, -0.1) is 10.2 Å². The molecule has 26 heavy (non-hydrogen) atoms. The lowest BCUT2D eigenvalue weighted by atomic mass is 10.2. The highest BCUT2D eigenvalue weighted by Gasteiger charge is 2.17. The van der Waals surface area contributed by atoms with Crippen molar-refractivity contribution in [2.24, 2.45) is 7.05 Å². The Morgan fingerprint density at radius 2 is 1.85 bits per heavy atom. The number of rotatable bonds is 6. The maximum absolute atomic E-state index is 12.3. The molecule has 1 aromatic carbocycles. The van der Waals surface area contributed by atoms with Gasteiger partial charge in [-0.05, 0) is 29.8 Å². The Labute approximate surface area is 157 Å². The Morgan fingerprint density at radius 3 is 2.54 bits per heavy atom. The molecule has 0 radical (unpaired) electrons. The van der Waals surface area contributed by atoms with E-state index < -0.39 is 10.0 Å². The van der Waals surface area contributed by atoms with Crippen LogP contribution in [0.25, 0.3) is 11.4 Å². The average molecular weight is 390 g/mol. The normalized spacial score (nSPS) is 11.8. The average Bonchev–Trinajstić information content (AvgIpc) is 3.01. The number of aromatic nitrogens is 4. The summed E-state index contributed by atoms with van der Waals surface area (Å²) < 4.78 is 27.6. The summed E-state index contributed by atoms with van der Waals surface area (Å²) in [5.41, 5.74) is 1.85. The third-order valence-electron chi connectivity index (χ3n) is 3.82. The molecule has 0 amide bonds. The topological polar surface area (TPSA) is 81.0 Å². The molecule has 0 aliphatic carbocycles. The first-order chi connectivity index (χ1) is 12.4. The van der Waals surface area contributed by atoms with Crippen LogP contribution in [0.2, 0.25) is 0 Å². The molecule has 3 rings (SSSR count). The minimum absolute atomic E-state index is 0.288. The van der Waals surface area contributed by atoms with E-state index in [9.17, 15) is 8.42 Å². The van der Waals surface area contributed by atoms with E-state index >= 15 is 0 Å². The van der Waals surface area contributed by atoms with E-state index in [0.717, 1.165) is 22.1 Å². The summed E-state index contributed by atoms with van der Waals surface area (Å²) in [5, 5.41) is 9.24. The van der Waals surface area contributed by atoms with E-state index in [2.05, 4.69) is 15.2 Å². The molecule has 7 nitrogen and oxygen atoms in total. The monoisotopic (exact) mass is 389 g/mol. The predicted molar refractivity (Wildman–Crippen MR) is 101 cm³/mol. The smallest absolute Gasteiger partial charge is 0.242 e. The first-order valence-electron chi connectivity index (χ1n) is 7.83. The number of benzene rings is 1. The molecule has 2 heterocycles. The second kappa shape index (κ2) is 7.56. The molecule has 0 aliphatic heterocycles. The molecule has 3 aromatic rings. The Hall–Kier alpha value is -2.23. The zero-order valence-corrected chi connectivity index (χ0v) is 16.3. The van der Waals surface area contributed by atoms with Gasteiger partial charge in [-0.25, -0.2) is 12.7 Å². The van der Waals surface area contributed by atoms with Crippen molar-refractivity contribution in [3.8, 4) is 11.4 Å². The van der Waals surface area contributed by atoms with E-state index in [-0.39, 0.29) is 4.90 Å². The fourth-order valence-electron chi connectivity index (χ4n) is 2.35. The van der Waals surface area contributed by atoms with Gasteiger partial charge in [0.25, 0.3) is 0 Å². The van der Waals surface area contributed by atoms with Crippen molar-refractivity contribution in [1.29, 1.82) is 0 Å². The predicted octanol–water partition coefficient (Wildman–Crippen LogP) is 2.42. The second-order valence-electron chi connectivity index (χ2n) is 5.82. The number of hydrogen-bond donors (Lipinski definition) is 0. The summed E-state index contributed by atoms with van der Waals surface area (Å²) >= 11 is 1.51. The van der Waals surface area contributed by atoms with Crippen molar-refractivity contribution < 1.29 is 8.42 Å². The molecule has 2 aromatic heterocycles. The highest BCUT2D eigenvalue weighted by atomic mass is 32.2. The van der Waals surface area contributed by atoms with Crippen LogP contribution in [-0.2, 0) is 22.8 Å². The standard InChI is InChI=1S/C17H19N5O2S2/c1-21(2)26(23,24)15-6-4-5-13(11-15)12-25-17-20-19-16(22(17)3)14-7-9-18-10-8-14/h4-11H,12H2,1-3H3. The highest BCUT2D eigenvalue weighted by Crippen LogP contribution is 2.26. The SMILES string of the molecule is CN(C)S(=O)(=O)c1cccc(CSc2nnc(-c3ccncc3)n2C)c1. The van der Waals surface area contributed by atoms with E-state index in [0.29, 0.717) is 5.75 Å². The number of sulfonamides is 1. The van der Waals surface area contributed by atoms with Crippen LogP contribution >= 0.6 is 11.8 Å². The molecule has 0 atom stereocenters. The van der Waals surface area contributed by atoms with Gasteiger partial charge in [0, 0.05) is 44.9 Å². The van der Waals surface area contributed by atoms with Crippen LogP contribution in [-0.4, -0.2) is 46.6 Å². The van der Waals surface area contributed by atoms with Crippen molar-refractivity contribution in [2.45, 2.75) is 15.8 Å². The maximum Gasteiger partial charge on any atom is 0.242 e. The Balaban J connectivity index is 1.78. The maximum atomic E-state index is 12.3. The van der Waals surface area contributed by atoms with Crippen LogP contribution in [0.1, 0.15) is 5.56 Å². The fraction of sp³-hybridized carbons (Fsp3) is 0.235. The van der Waals surface area contributed by atoms with Gasteiger partial charge < -0.3 is 4.57 Å². The lowest BCUT2D eigenvalue weighted by Gasteiger charge is -2.12. The zero-order chi connectivity index (χ0) is 18.7. The van der Waals surface area contributed by atoms with Gasteiger partial charge in [-0.1, -0.05) is 23.9 Å². The minimum atomic E-state index is -3.44. The lowest BCUT2D eigenvalue weighted by molar-refractivity contribution is 0.520. The van der Waals surface area contributed by atoms with Crippen molar-refractivity contribution in [1.82, 2.24) is 24.1 Å². The molecule has 0 unspecified atom stereocenters. The number of thioether (sulfide) groups is 1. The third kappa shape index (κ3) is 3.79. The minimum Gasteiger partial charge on any atom is -0.305 e. The van der Waals surface area contributed by atoms with Gasteiger partial charge in [0.15, 0.2) is 11.0 Å². The van der Waals surface area contributed by atoms with Gasteiger partial charge in [-0.3, -0.25) is 4.98 Å². The van der Waals surface area contributed by atoms with E-state index in [1.807, 2.05) is 29.8 Å². The molecular weight excluding hydrogens is 370 g/mol. The van der Waals surface area contributed by atoms with Crippen molar-refractivity contribution in [3.05, 3.63) is 54.4 Å². The van der Waals surface area contributed by atoms with E-state index in [1.54, 1.807) is 30.6 Å². The summed E-state index contributed by atoms with van der Waals surface area (Å²) in [6, 6.07) is 10.7. The molecule has 0 spiro atoms. The van der Waals surface area contributed by atoms with Crippen LogP contribution in [0, 0.1) is 0 Å². The summed E-state index contributed by atoms with van der Waals surface area (Å²) in [6.07, 6.45) is 3.43. The molecule has 0 saturated carbocycles. The zero-order valence-electron chi connectivity index (χ0n) is 14.7. The van der Waals surface area contributed by atoms with Crippen LogP contribution in [0.5, 0.6) is 0 Å². The Kier molecular flexibility index (Phi) is 5.40. The Morgan fingerprint density at radius 1 is 1.12 bits per heavy atom. The Bertz CT molecular complexity index is 1000. The molecule has 0 saturated heterocycles. The fourth-order valence-corrected chi connectivity index (χ4v) is 4.17. The van der Waals surface area contributed by atoms with Crippen LogP contribution in [0.4, 0.5) is 0 Å². The first kappa shape index (κ1) is 18.6. The lowest BCUT2D eigenvalue weighted by Crippen LogP contribution is -2.22. The molecular formula is C17H19N5O2S2. The van der Waals surface area contributed by atoms with Gasteiger partial charge in [-0.2, -0.15) is 0 Å². The molecule has 9 heteroatoms. The number of hydrogen-bond acceptors (Lipinski definition) is 6. The van der Waals surface area contributed by atoms with Crippen LogP contribution < -0.4 is 0 Å². The highest BCUT2D eigenvalue weighted by molar-refractivity contribution is 7.98. The molecule has 136 valence electrons. The van der Waals surface area contributed by atoms with Gasteiger partial charge in [0.05, 0.1) is 4.90 Å². The van der Waals surface area contributed by atoms with Gasteiger partial charge in [0.2, 0.25) is 10.0 Å². The van der Waals surface area contributed by atoms with E-state index in [4.69, 9.17) is 0 Å². The quantitative estimate of drug-likeness (QED) is 0.602. The summed E-state index contributed by atoms with van der Waals surface area (Å²) in [7, 11) is 1.52. The summed E-state index contributed by atoms with van der Waals surface area (Å²) in [5.74, 6) is 1.36. The largest absolute Gasteiger partial charge is 0.305 e. The summed E-state index contributed by atoms with van der Waals surface area (Å²) in [4.78, 5) is 4.30. The van der Waals surface area contributed by atoms with Crippen molar-refractivity contribution >= 4 is 21.8 Å².